The van der Waals surface area contributed by atoms with Crippen molar-refractivity contribution >= 4 is 34.2 Å². The summed E-state index contributed by atoms with van der Waals surface area (Å²) in [6, 6.07) is 9.05. The van der Waals surface area contributed by atoms with E-state index in [2.05, 4.69) is 26.6 Å². The number of carbonyl (C=O) groups excluding carboxylic acids is 1. The topological polar surface area (TPSA) is 50.4 Å². The van der Waals surface area contributed by atoms with Gasteiger partial charge in [0.2, 0.25) is 5.91 Å². The second-order valence-electron chi connectivity index (χ2n) is 6.87. The lowest BCUT2D eigenvalue weighted by atomic mass is 9.89. The third kappa shape index (κ3) is 5.64. The molecule has 2 N–H and O–H groups in total. The van der Waals surface area contributed by atoms with Gasteiger partial charge in [-0.3, -0.25) is 4.79 Å². The van der Waals surface area contributed by atoms with Crippen molar-refractivity contribution in [2.45, 2.75) is 57.2 Å². The van der Waals surface area contributed by atoms with E-state index < -0.39 is 0 Å². The van der Waals surface area contributed by atoms with Gasteiger partial charge in [0.05, 0.1) is 6.54 Å². The minimum atomic E-state index is -0.0440. The number of ether oxygens (including phenoxy) is 1. The van der Waals surface area contributed by atoms with Crippen LogP contribution in [-0.2, 0) is 4.79 Å². The van der Waals surface area contributed by atoms with E-state index in [1.807, 2.05) is 31.2 Å². The lowest BCUT2D eigenvalue weighted by Gasteiger charge is -2.28. The maximum atomic E-state index is 12.2. The minimum Gasteiger partial charge on any atom is -0.489 e. The molecule has 0 aliphatic carbocycles. The van der Waals surface area contributed by atoms with E-state index in [4.69, 9.17) is 4.74 Å². The molecule has 0 saturated carbocycles. The molecule has 0 spiro atoms. The number of hydrogen-bond acceptors (Lipinski definition) is 3. The van der Waals surface area contributed by atoms with Gasteiger partial charge >= 0.3 is 0 Å². The van der Waals surface area contributed by atoms with Gasteiger partial charge in [-0.25, -0.2) is 0 Å². The summed E-state index contributed by atoms with van der Waals surface area (Å²) in [5.74, 6) is 1.51. The van der Waals surface area contributed by atoms with Gasteiger partial charge < -0.3 is 15.4 Å². The van der Waals surface area contributed by atoms with Gasteiger partial charge in [0.25, 0.3) is 0 Å². The molecule has 2 aliphatic rings. The van der Waals surface area contributed by atoms with Crippen LogP contribution in [0.25, 0.3) is 0 Å². The molecule has 2 aliphatic heterocycles. The van der Waals surface area contributed by atoms with E-state index in [0.717, 1.165) is 23.1 Å². The van der Waals surface area contributed by atoms with Crippen molar-refractivity contribution in [3.8, 4) is 5.75 Å². The van der Waals surface area contributed by atoms with E-state index in [1.54, 1.807) is 0 Å². The average Bonchev–Trinajstić information content (AvgIpc) is 2.84. The van der Waals surface area contributed by atoms with Gasteiger partial charge in [-0.2, -0.15) is 0 Å². The highest BCUT2D eigenvalue weighted by atomic mass is 79.9. The van der Waals surface area contributed by atoms with Crippen molar-refractivity contribution in [1.29, 1.82) is 0 Å². The first-order chi connectivity index (χ1) is 11.1. The predicted molar refractivity (Wildman–Crippen MR) is 102 cm³/mol. The van der Waals surface area contributed by atoms with E-state index in [9.17, 15) is 4.79 Å². The third-order valence-corrected chi connectivity index (χ3v) is 5.26. The summed E-state index contributed by atoms with van der Waals surface area (Å²) < 4.78 is 6.82. The normalized spacial score (nSPS) is 26.3. The first kappa shape index (κ1) is 19.5. The molecule has 1 amide bonds. The van der Waals surface area contributed by atoms with Crippen LogP contribution in [0, 0.1) is 5.92 Å². The third-order valence-electron chi connectivity index (χ3n) is 4.76. The minimum absolute atomic E-state index is 0. The largest absolute Gasteiger partial charge is 0.489 e. The number of amides is 1. The molecular formula is C18H26BrClN2O2. The number of rotatable bonds is 6. The van der Waals surface area contributed by atoms with Crippen molar-refractivity contribution in [3.05, 3.63) is 28.7 Å². The summed E-state index contributed by atoms with van der Waals surface area (Å²) in [4.78, 5) is 12.2. The highest BCUT2D eigenvalue weighted by Gasteiger charge is 2.34. The van der Waals surface area contributed by atoms with Crippen LogP contribution in [-0.4, -0.2) is 30.6 Å². The first-order valence-electron chi connectivity index (χ1n) is 8.53. The van der Waals surface area contributed by atoms with E-state index in [0.29, 0.717) is 31.0 Å². The molecule has 3 rings (SSSR count). The molecule has 4 nitrogen and oxygen atoms in total. The Balaban J connectivity index is 0.00000208. The molecule has 0 radical (unpaired) electrons. The zero-order valence-corrected chi connectivity index (χ0v) is 16.4. The molecule has 1 aromatic rings. The van der Waals surface area contributed by atoms with E-state index in [-0.39, 0.29) is 24.4 Å². The SMILES string of the molecule is CC(CNC(=O)CC1CC2CCC(C1)N2)Oc1cccc(Br)c1.Cl. The molecular weight excluding hydrogens is 392 g/mol. The van der Waals surface area contributed by atoms with Crippen LogP contribution in [0.5, 0.6) is 5.75 Å². The molecule has 2 fully saturated rings. The number of halogens is 2. The Kier molecular flexibility index (Phi) is 7.38. The van der Waals surface area contributed by atoms with Crippen LogP contribution >= 0.6 is 28.3 Å². The fourth-order valence-electron chi connectivity index (χ4n) is 3.75. The van der Waals surface area contributed by atoms with Crippen molar-refractivity contribution in [1.82, 2.24) is 10.6 Å². The Morgan fingerprint density at radius 2 is 2.08 bits per heavy atom. The predicted octanol–water partition coefficient (Wildman–Crippen LogP) is 3.68. The molecule has 134 valence electrons. The molecule has 3 unspecified atom stereocenters. The van der Waals surface area contributed by atoms with Crippen molar-refractivity contribution < 1.29 is 9.53 Å². The molecule has 6 heteroatoms. The zero-order valence-electron chi connectivity index (χ0n) is 14.0. The van der Waals surface area contributed by atoms with Gasteiger partial charge in [0, 0.05) is 23.0 Å². The molecule has 2 bridgehead atoms. The molecule has 24 heavy (non-hydrogen) atoms. The van der Waals surface area contributed by atoms with E-state index in [1.165, 1.54) is 12.8 Å². The lowest BCUT2D eigenvalue weighted by molar-refractivity contribution is -0.122. The quantitative estimate of drug-likeness (QED) is 0.742. The number of carbonyl (C=O) groups is 1. The smallest absolute Gasteiger partial charge is 0.220 e. The highest BCUT2D eigenvalue weighted by molar-refractivity contribution is 9.10. The van der Waals surface area contributed by atoms with Crippen LogP contribution in [0.4, 0.5) is 0 Å². The Morgan fingerprint density at radius 1 is 1.38 bits per heavy atom. The Labute approximate surface area is 158 Å². The van der Waals surface area contributed by atoms with Gasteiger partial charge in [0.1, 0.15) is 11.9 Å². The molecule has 0 aromatic heterocycles. The van der Waals surface area contributed by atoms with Crippen molar-refractivity contribution in [2.75, 3.05) is 6.54 Å². The fraction of sp³-hybridized carbons (Fsp3) is 0.611. The first-order valence-corrected chi connectivity index (χ1v) is 9.33. The van der Waals surface area contributed by atoms with Gasteiger partial charge in [-0.05, 0) is 56.7 Å². The zero-order chi connectivity index (χ0) is 16.2. The molecule has 2 saturated heterocycles. The number of hydrogen-bond donors (Lipinski definition) is 2. The Morgan fingerprint density at radius 3 is 2.75 bits per heavy atom. The van der Waals surface area contributed by atoms with Crippen LogP contribution < -0.4 is 15.4 Å². The summed E-state index contributed by atoms with van der Waals surface area (Å²) in [6.45, 7) is 2.52. The molecule has 1 aromatic carbocycles. The number of benzene rings is 1. The van der Waals surface area contributed by atoms with Crippen LogP contribution in [0.2, 0.25) is 0 Å². The summed E-state index contributed by atoms with van der Waals surface area (Å²) >= 11 is 3.43. The summed E-state index contributed by atoms with van der Waals surface area (Å²) in [6.07, 6.45) is 5.46. The number of fused-ring (bicyclic) bond motifs is 2. The van der Waals surface area contributed by atoms with E-state index >= 15 is 0 Å². The highest BCUT2D eigenvalue weighted by Crippen LogP contribution is 2.32. The van der Waals surface area contributed by atoms with Crippen LogP contribution in [0.1, 0.15) is 39.0 Å². The Bertz CT molecular complexity index is 546. The monoisotopic (exact) mass is 416 g/mol. The molecule has 2 heterocycles. The Hall–Kier alpha value is -0.780. The van der Waals surface area contributed by atoms with Crippen molar-refractivity contribution in [2.24, 2.45) is 5.92 Å². The number of nitrogens with one attached hydrogen (secondary N) is 2. The average molecular weight is 418 g/mol. The van der Waals surface area contributed by atoms with Gasteiger partial charge in [0.15, 0.2) is 0 Å². The second-order valence-corrected chi connectivity index (χ2v) is 7.79. The molecule has 3 atom stereocenters. The van der Waals surface area contributed by atoms with Crippen LogP contribution in [0.15, 0.2) is 28.7 Å². The fourth-order valence-corrected chi connectivity index (χ4v) is 4.13. The summed E-state index contributed by atoms with van der Waals surface area (Å²) in [7, 11) is 0. The van der Waals surface area contributed by atoms with Crippen molar-refractivity contribution in [3.63, 3.8) is 0 Å². The lowest BCUT2D eigenvalue weighted by Crippen LogP contribution is -2.40. The maximum absolute atomic E-state index is 12.2. The van der Waals surface area contributed by atoms with Gasteiger partial charge in [-0.1, -0.05) is 22.0 Å². The second kappa shape index (κ2) is 9.07. The summed E-state index contributed by atoms with van der Waals surface area (Å²) in [5, 5.41) is 6.64. The number of piperidine rings is 1. The maximum Gasteiger partial charge on any atom is 0.220 e. The van der Waals surface area contributed by atoms with Crippen LogP contribution in [0.3, 0.4) is 0 Å². The van der Waals surface area contributed by atoms with Gasteiger partial charge in [-0.15, -0.1) is 12.4 Å². The summed E-state index contributed by atoms with van der Waals surface area (Å²) in [5.41, 5.74) is 0. The standard InChI is InChI=1S/C18H25BrN2O2.ClH/c1-12(23-17-4-2-3-14(19)10-17)11-20-18(22)9-13-7-15-5-6-16(8-13)21-15;/h2-4,10,12-13,15-16,21H,5-9,11H2,1H3,(H,20,22);1H.